The van der Waals surface area contributed by atoms with Crippen LogP contribution in [0.5, 0.6) is 5.75 Å². The van der Waals surface area contributed by atoms with Gasteiger partial charge in [0.2, 0.25) is 5.82 Å². The zero-order valence-corrected chi connectivity index (χ0v) is 16.3. The molecule has 0 spiro atoms. The molecule has 3 heterocycles. The molecule has 0 bridgehead atoms. The summed E-state index contributed by atoms with van der Waals surface area (Å²) in [6.07, 6.45) is 0. The zero-order valence-electron chi connectivity index (χ0n) is 15.5. The minimum absolute atomic E-state index is 0.330. The van der Waals surface area contributed by atoms with Crippen LogP contribution in [0.1, 0.15) is 17.8 Å². The molecule has 2 aromatic heterocycles. The quantitative estimate of drug-likeness (QED) is 0.553. The summed E-state index contributed by atoms with van der Waals surface area (Å²) in [6.45, 7) is 1.48. The van der Waals surface area contributed by atoms with Gasteiger partial charge in [-0.15, -0.1) is 10.2 Å². The molecule has 9 heteroatoms. The normalized spacial score (nSPS) is 15.9. The van der Waals surface area contributed by atoms with Crippen molar-refractivity contribution >= 4 is 11.6 Å². The molecular formula is C20H17ClN6O2. The second-order valence-electron chi connectivity index (χ2n) is 6.62. The first-order valence-corrected chi connectivity index (χ1v) is 9.51. The Hall–Kier alpha value is -3.23. The maximum Gasteiger partial charge on any atom is 0.252 e. The summed E-state index contributed by atoms with van der Waals surface area (Å²) in [6, 6.07) is 14.8. The molecule has 0 saturated carbocycles. The van der Waals surface area contributed by atoms with Crippen LogP contribution in [0.3, 0.4) is 0 Å². The predicted octanol–water partition coefficient (Wildman–Crippen LogP) is 3.35. The van der Waals surface area contributed by atoms with Gasteiger partial charge in [0.05, 0.1) is 7.11 Å². The Morgan fingerprint density at radius 2 is 2.00 bits per heavy atom. The number of hydrogen-bond donors (Lipinski definition) is 1. The van der Waals surface area contributed by atoms with E-state index in [-0.39, 0.29) is 6.04 Å². The van der Waals surface area contributed by atoms with Crippen LogP contribution in [0.2, 0.25) is 5.02 Å². The van der Waals surface area contributed by atoms with Crippen LogP contribution in [-0.2, 0) is 6.54 Å². The number of halogens is 1. The van der Waals surface area contributed by atoms with E-state index in [4.69, 9.17) is 20.9 Å². The van der Waals surface area contributed by atoms with Gasteiger partial charge in [0.25, 0.3) is 5.89 Å². The van der Waals surface area contributed by atoms with Gasteiger partial charge in [-0.2, -0.15) is 4.98 Å². The molecule has 1 aliphatic heterocycles. The molecule has 0 saturated heterocycles. The summed E-state index contributed by atoms with van der Waals surface area (Å²) in [5.41, 5.74) is 1.76. The van der Waals surface area contributed by atoms with Crippen molar-refractivity contribution in [2.45, 2.75) is 12.6 Å². The molecule has 0 fully saturated rings. The number of nitrogens with zero attached hydrogens (tertiary/aromatic N) is 5. The topological polar surface area (TPSA) is 90.9 Å². The second-order valence-corrected chi connectivity index (χ2v) is 7.05. The smallest absolute Gasteiger partial charge is 0.252 e. The van der Waals surface area contributed by atoms with Crippen LogP contribution in [-0.4, -0.2) is 38.6 Å². The van der Waals surface area contributed by atoms with Gasteiger partial charge in [-0.05, 0) is 36.4 Å². The molecule has 2 aromatic carbocycles. The SMILES string of the molecule is COc1ccc(-c2nnc3n2CCNC3c2nc(-c3cccc(Cl)c3)no2)cc1. The Morgan fingerprint density at radius 1 is 1.14 bits per heavy atom. The average molecular weight is 409 g/mol. The number of aromatic nitrogens is 5. The van der Waals surface area contributed by atoms with E-state index in [1.165, 1.54) is 0 Å². The fourth-order valence-electron chi connectivity index (χ4n) is 3.41. The van der Waals surface area contributed by atoms with Gasteiger partial charge >= 0.3 is 0 Å². The highest BCUT2D eigenvalue weighted by atomic mass is 35.5. The van der Waals surface area contributed by atoms with Gasteiger partial charge in [0.15, 0.2) is 11.6 Å². The molecule has 0 radical (unpaired) electrons. The summed E-state index contributed by atoms with van der Waals surface area (Å²) >= 11 is 6.07. The van der Waals surface area contributed by atoms with E-state index in [1.807, 2.05) is 36.4 Å². The molecule has 0 amide bonds. The highest BCUT2D eigenvalue weighted by Crippen LogP contribution is 2.29. The van der Waals surface area contributed by atoms with E-state index in [0.717, 1.165) is 41.6 Å². The monoisotopic (exact) mass is 408 g/mol. The number of methoxy groups -OCH3 is 1. The molecule has 29 heavy (non-hydrogen) atoms. The van der Waals surface area contributed by atoms with Crippen LogP contribution in [0, 0.1) is 0 Å². The van der Waals surface area contributed by atoms with Crippen molar-refractivity contribution in [1.82, 2.24) is 30.2 Å². The first kappa shape index (κ1) is 17.8. The Bertz CT molecular complexity index is 1150. The van der Waals surface area contributed by atoms with Crippen LogP contribution in [0.25, 0.3) is 22.8 Å². The van der Waals surface area contributed by atoms with Crippen molar-refractivity contribution in [3.8, 4) is 28.5 Å². The molecule has 5 rings (SSSR count). The van der Waals surface area contributed by atoms with Crippen molar-refractivity contribution in [2.24, 2.45) is 0 Å². The largest absolute Gasteiger partial charge is 0.497 e. The van der Waals surface area contributed by atoms with Gasteiger partial charge in [0.1, 0.15) is 11.8 Å². The Balaban J connectivity index is 1.48. The molecule has 146 valence electrons. The lowest BCUT2D eigenvalue weighted by Crippen LogP contribution is -2.34. The zero-order chi connectivity index (χ0) is 19.8. The average Bonchev–Trinajstić information content (AvgIpc) is 3.41. The van der Waals surface area contributed by atoms with Crippen molar-refractivity contribution in [1.29, 1.82) is 0 Å². The fraction of sp³-hybridized carbons (Fsp3) is 0.200. The molecular weight excluding hydrogens is 392 g/mol. The van der Waals surface area contributed by atoms with Crippen LogP contribution in [0.15, 0.2) is 53.1 Å². The number of hydrogen-bond acceptors (Lipinski definition) is 7. The number of fused-ring (bicyclic) bond motifs is 1. The van der Waals surface area contributed by atoms with Crippen molar-refractivity contribution in [3.05, 3.63) is 65.3 Å². The highest BCUT2D eigenvalue weighted by molar-refractivity contribution is 6.30. The molecule has 0 aliphatic carbocycles. The van der Waals surface area contributed by atoms with E-state index >= 15 is 0 Å². The third-order valence-electron chi connectivity index (χ3n) is 4.84. The van der Waals surface area contributed by atoms with Crippen LogP contribution < -0.4 is 10.1 Å². The van der Waals surface area contributed by atoms with Crippen LogP contribution in [0.4, 0.5) is 0 Å². The maximum atomic E-state index is 6.07. The fourth-order valence-corrected chi connectivity index (χ4v) is 3.60. The summed E-state index contributed by atoms with van der Waals surface area (Å²) in [7, 11) is 1.65. The van der Waals surface area contributed by atoms with E-state index in [0.29, 0.717) is 16.7 Å². The van der Waals surface area contributed by atoms with Gasteiger partial charge in [-0.1, -0.05) is 28.9 Å². The molecule has 4 aromatic rings. The predicted molar refractivity (Wildman–Crippen MR) is 107 cm³/mol. The molecule has 1 unspecified atom stereocenters. The van der Waals surface area contributed by atoms with Gasteiger partial charge in [0, 0.05) is 29.2 Å². The molecule has 1 aliphatic rings. The maximum absolute atomic E-state index is 6.07. The van der Waals surface area contributed by atoms with Gasteiger partial charge < -0.3 is 13.8 Å². The minimum atomic E-state index is -0.330. The van der Waals surface area contributed by atoms with Crippen molar-refractivity contribution in [3.63, 3.8) is 0 Å². The standard InChI is InChI=1S/C20H17ClN6O2/c1-28-15-7-5-12(6-8-15)18-24-25-19-16(22-9-10-27(18)19)20-23-17(26-29-20)13-3-2-4-14(21)11-13/h2-8,11,16,22H,9-10H2,1H3. The second kappa shape index (κ2) is 7.31. The Labute approximate surface area is 171 Å². The van der Waals surface area contributed by atoms with Gasteiger partial charge in [-0.25, -0.2) is 0 Å². The summed E-state index contributed by atoms with van der Waals surface area (Å²) in [5.74, 6) is 3.25. The minimum Gasteiger partial charge on any atom is -0.497 e. The molecule has 1 atom stereocenters. The van der Waals surface area contributed by atoms with E-state index in [2.05, 4.69) is 30.2 Å². The summed E-state index contributed by atoms with van der Waals surface area (Å²) in [4.78, 5) is 4.55. The number of benzene rings is 2. The number of nitrogens with one attached hydrogen (secondary N) is 1. The third-order valence-corrected chi connectivity index (χ3v) is 5.08. The van der Waals surface area contributed by atoms with Crippen molar-refractivity contribution in [2.75, 3.05) is 13.7 Å². The highest BCUT2D eigenvalue weighted by Gasteiger charge is 2.31. The molecule has 1 N–H and O–H groups in total. The van der Waals surface area contributed by atoms with E-state index in [9.17, 15) is 0 Å². The summed E-state index contributed by atoms with van der Waals surface area (Å²) < 4.78 is 12.8. The first-order valence-electron chi connectivity index (χ1n) is 9.13. The first-order chi connectivity index (χ1) is 14.2. The number of ether oxygens (including phenoxy) is 1. The van der Waals surface area contributed by atoms with E-state index < -0.39 is 0 Å². The lowest BCUT2D eigenvalue weighted by molar-refractivity contribution is 0.324. The van der Waals surface area contributed by atoms with E-state index in [1.54, 1.807) is 19.2 Å². The lowest BCUT2D eigenvalue weighted by atomic mass is 10.1. The van der Waals surface area contributed by atoms with Crippen LogP contribution >= 0.6 is 11.6 Å². The Kier molecular flexibility index (Phi) is 4.49. The third kappa shape index (κ3) is 3.26. The lowest BCUT2D eigenvalue weighted by Gasteiger charge is -2.22. The Morgan fingerprint density at radius 3 is 2.79 bits per heavy atom. The van der Waals surface area contributed by atoms with Gasteiger partial charge in [-0.3, -0.25) is 5.32 Å². The van der Waals surface area contributed by atoms with Crippen molar-refractivity contribution < 1.29 is 9.26 Å². The summed E-state index contributed by atoms with van der Waals surface area (Å²) in [5, 5.41) is 16.9. The molecule has 8 nitrogen and oxygen atoms in total. The number of rotatable bonds is 4.